The van der Waals surface area contributed by atoms with E-state index >= 15 is 0 Å². The van der Waals surface area contributed by atoms with Crippen LogP contribution in [0, 0.1) is 0 Å². The van der Waals surface area contributed by atoms with E-state index in [4.69, 9.17) is 0 Å². The molecule has 26 heavy (non-hydrogen) atoms. The maximum absolute atomic E-state index is 13.2. The van der Waals surface area contributed by atoms with Crippen molar-refractivity contribution in [1.82, 2.24) is 14.3 Å². The number of imidazole rings is 1. The molecule has 0 fully saturated rings. The van der Waals surface area contributed by atoms with E-state index in [0.29, 0.717) is 24.5 Å². The first-order valence-electron chi connectivity index (χ1n) is 8.50. The van der Waals surface area contributed by atoms with Crippen LogP contribution in [0.5, 0.6) is 0 Å². The van der Waals surface area contributed by atoms with Gasteiger partial charge in [0.2, 0.25) is 10.0 Å². The lowest BCUT2D eigenvalue weighted by Crippen LogP contribution is -2.34. The quantitative estimate of drug-likeness (QED) is 0.769. The van der Waals surface area contributed by atoms with Gasteiger partial charge in [0.15, 0.2) is 0 Å². The van der Waals surface area contributed by atoms with Crippen LogP contribution in [0.4, 0.5) is 5.69 Å². The molecule has 2 aromatic carbocycles. The van der Waals surface area contributed by atoms with Gasteiger partial charge in [-0.3, -0.25) is 0 Å². The molecule has 3 aromatic rings. The summed E-state index contributed by atoms with van der Waals surface area (Å²) in [5.41, 5.74) is 2.69. The van der Waals surface area contributed by atoms with Gasteiger partial charge in [-0.25, -0.2) is 13.4 Å². The van der Waals surface area contributed by atoms with Crippen molar-refractivity contribution >= 4 is 15.7 Å². The van der Waals surface area contributed by atoms with E-state index < -0.39 is 10.0 Å². The van der Waals surface area contributed by atoms with Crippen molar-refractivity contribution in [3.05, 3.63) is 78.4 Å². The molecule has 0 radical (unpaired) electrons. The van der Waals surface area contributed by atoms with Crippen molar-refractivity contribution in [2.75, 3.05) is 18.0 Å². The summed E-state index contributed by atoms with van der Waals surface area (Å²) in [4.78, 5) is 9.46. The Kier molecular flexibility index (Phi) is 4.48. The van der Waals surface area contributed by atoms with Crippen LogP contribution in [0.2, 0.25) is 0 Å². The summed E-state index contributed by atoms with van der Waals surface area (Å²) in [7, 11) is -3.58. The van der Waals surface area contributed by atoms with E-state index in [9.17, 15) is 8.42 Å². The smallest absolute Gasteiger partial charge is 0.245 e. The molecule has 0 unspecified atom stereocenters. The van der Waals surface area contributed by atoms with Crippen molar-refractivity contribution < 1.29 is 8.42 Å². The first-order chi connectivity index (χ1) is 12.6. The number of anilines is 1. The van der Waals surface area contributed by atoms with Gasteiger partial charge in [-0.2, -0.15) is 4.31 Å². The highest BCUT2D eigenvalue weighted by Gasteiger charge is 2.32. The summed E-state index contributed by atoms with van der Waals surface area (Å²) < 4.78 is 27.9. The molecule has 4 rings (SSSR count). The van der Waals surface area contributed by atoms with Crippen molar-refractivity contribution in [2.24, 2.45) is 0 Å². The zero-order chi connectivity index (χ0) is 18.0. The number of aromatic amines is 1. The Labute approximate surface area is 153 Å². The summed E-state index contributed by atoms with van der Waals surface area (Å²) in [5.74, 6) is 0. The van der Waals surface area contributed by atoms with Gasteiger partial charge < -0.3 is 9.88 Å². The summed E-state index contributed by atoms with van der Waals surface area (Å²) in [6, 6.07) is 17.3. The third-order valence-electron chi connectivity index (χ3n) is 4.56. The number of aromatic nitrogens is 2. The molecule has 0 saturated heterocycles. The van der Waals surface area contributed by atoms with Gasteiger partial charge in [0.1, 0.15) is 4.90 Å². The van der Waals surface area contributed by atoms with Crippen LogP contribution in [0.1, 0.15) is 11.3 Å². The van der Waals surface area contributed by atoms with E-state index in [-0.39, 0.29) is 6.54 Å². The van der Waals surface area contributed by atoms with Gasteiger partial charge in [0, 0.05) is 31.5 Å². The average Bonchev–Trinajstić information content (AvgIpc) is 3.14. The van der Waals surface area contributed by atoms with E-state index in [1.165, 1.54) is 4.31 Å². The van der Waals surface area contributed by atoms with E-state index in [2.05, 4.69) is 27.0 Å². The molecule has 7 heteroatoms. The summed E-state index contributed by atoms with van der Waals surface area (Å²) >= 11 is 0. The minimum absolute atomic E-state index is 0.288. The SMILES string of the molecule is O=S1(=O)c2ccccc2N(Cc2ccccc2)CCN1Cc1cnc[nH]1. The predicted molar refractivity (Wildman–Crippen MR) is 100 cm³/mol. The fourth-order valence-corrected chi connectivity index (χ4v) is 4.86. The molecule has 0 bridgehead atoms. The number of sulfonamides is 1. The van der Waals surface area contributed by atoms with Gasteiger partial charge in [-0.05, 0) is 17.7 Å². The second kappa shape index (κ2) is 6.93. The van der Waals surface area contributed by atoms with Crippen LogP contribution in [-0.2, 0) is 23.1 Å². The molecule has 1 aliphatic rings. The molecule has 1 aliphatic heterocycles. The fraction of sp³-hybridized carbons (Fsp3) is 0.211. The maximum atomic E-state index is 13.2. The average molecular weight is 368 g/mol. The Balaban J connectivity index is 1.70. The highest BCUT2D eigenvalue weighted by Crippen LogP contribution is 2.32. The second-order valence-corrected chi connectivity index (χ2v) is 8.20. The van der Waals surface area contributed by atoms with E-state index in [1.54, 1.807) is 24.7 Å². The number of para-hydroxylation sites is 1. The number of benzene rings is 2. The van der Waals surface area contributed by atoms with E-state index in [0.717, 1.165) is 16.9 Å². The van der Waals surface area contributed by atoms with Crippen molar-refractivity contribution in [3.63, 3.8) is 0 Å². The van der Waals surface area contributed by atoms with Gasteiger partial charge in [0.25, 0.3) is 0 Å². The van der Waals surface area contributed by atoms with Crippen LogP contribution in [0.15, 0.2) is 72.0 Å². The van der Waals surface area contributed by atoms with Gasteiger partial charge in [-0.15, -0.1) is 0 Å². The molecule has 0 amide bonds. The molecule has 6 nitrogen and oxygen atoms in total. The second-order valence-electron chi connectivity index (χ2n) is 6.29. The molecule has 1 N–H and O–H groups in total. The Morgan fingerprint density at radius 1 is 0.962 bits per heavy atom. The number of hydrogen-bond donors (Lipinski definition) is 1. The highest BCUT2D eigenvalue weighted by molar-refractivity contribution is 7.89. The first-order valence-corrected chi connectivity index (χ1v) is 9.94. The Bertz CT molecular complexity index is 972. The lowest BCUT2D eigenvalue weighted by atomic mass is 10.2. The Hall–Kier alpha value is -2.64. The third-order valence-corrected chi connectivity index (χ3v) is 6.45. The van der Waals surface area contributed by atoms with Crippen molar-refractivity contribution in [3.8, 4) is 0 Å². The summed E-state index contributed by atoms with van der Waals surface area (Å²) in [6.45, 7) is 2.00. The summed E-state index contributed by atoms with van der Waals surface area (Å²) in [5, 5.41) is 0. The largest absolute Gasteiger partial charge is 0.365 e. The molecule has 0 aliphatic carbocycles. The number of nitrogens with zero attached hydrogens (tertiary/aromatic N) is 3. The molecular weight excluding hydrogens is 348 g/mol. The molecule has 0 atom stereocenters. The lowest BCUT2D eigenvalue weighted by molar-refractivity contribution is 0.411. The molecule has 0 saturated carbocycles. The van der Waals surface area contributed by atoms with Crippen LogP contribution < -0.4 is 4.90 Å². The van der Waals surface area contributed by atoms with Crippen LogP contribution in [0.25, 0.3) is 0 Å². The summed E-state index contributed by atoms with van der Waals surface area (Å²) in [6.07, 6.45) is 3.23. The van der Waals surface area contributed by atoms with Crippen molar-refractivity contribution in [2.45, 2.75) is 18.0 Å². The fourth-order valence-electron chi connectivity index (χ4n) is 3.24. The minimum Gasteiger partial charge on any atom is -0.365 e. The molecular formula is C19H20N4O2S. The highest BCUT2D eigenvalue weighted by atomic mass is 32.2. The van der Waals surface area contributed by atoms with Gasteiger partial charge in [-0.1, -0.05) is 42.5 Å². The monoisotopic (exact) mass is 368 g/mol. The Morgan fingerprint density at radius 3 is 2.50 bits per heavy atom. The third kappa shape index (κ3) is 3.23. The lowest BCUT2D eigenvalue weighted by Gasteiger charge is -2.24. The van der Waals surface area contributed by atoms with Crippen LogP contribution in [-0.4, -0.2) is 35.8 Å². The minimum atomic E-state index is -3.58. The number of rotatable bonds is 4. The molecule has 0 spiro atoms. The Morgan fingerprint density at radius 2 is 1.73 bits per heavy atom. The van der Waals surface area contributed by atoms with E-state index in [1.807, 2.05) is 30.3 Å². The normalized spacial score (nSPS) is 16.8. The number of H-pyrrole nitrogens is 1. The topological polar surface area (TPSA) is 69.3 Å². The first kappa shape index (κ1) is 16.8. The zero-order valence-corrected chi connectivity index (χ0v) is 15.1. The van der Waals surface area contributed by atoms with Gasteiger partial charge >= 0.3 is 0 Å². The number of nitrogens with one attached hydrogen (secondary N) is 1. The predicted octanol–water partition coefficient (Wildman–Crippen LogP) is 2.62. The number of fused-ring (bicyclic) bond motifs is 1. The molecule has 1 aromatic heterocycles. The van der Waals surface area contributed by atoms with Gasteiger partial charge in [0.05, 0.1) is 18.6 Å². The zero-order valence-electron chi connectivity index (χ0n) is 14.2. The van der Waals surface area contributed by atoms with Crippen molar-refractivity contribution in [1.29, 1.82) is 0 Å². The molecule has 134 valence electrons. The number of hydrogen-bond acceptors (Lipinski definition) is 4. The molecule has 2 heterocycles. The maximum Gasteiger partial charge on any atom is 0.245 e. The van der Waals surface area contributed by atoms with Crippen LogP contribution in [0.3, 0.4) is 0 Å². The van der Waals surface area contributed by atoms with Crippen LogP contribution >= 0.6 is 0 Å². The standard InChI is InChI=1S/C19H20N4O2S/c24-26(25)19-9-5-4-8-18(19)22(13-16-6-2-1-3-7-16)10-11-23(26)14-17-12-20-15-21-17/h1-9,12,15H,10-11,13-14H2,(H,20,21).